The highest BCUT2D eigenvalue weighted by Crippen LogP contribution is 2.42. The highest BCUT2D eigenvalue weighted by Gasteiger charge is 2.39. The Morgan fingerprint density at radius 2 is 0.948 bits per heavy atom. The Bertz CT molecular complexity index is 3790. The largest absolute Gasteiger partial charge is 0.416 e. The van der Waals surface area contributed by atoms with Crippen molar-refractivity contribution in [2.75, 3.05) is 20.9 Å². The molecule has 0 saturated heterocycles. The number of sulfonamides is 2. The predicted molar refractivity (Wildman–Crippen MR) is 260 cm³/mol. The molecular formula is C48H41F11N12O4S2. The Morgan fingerprint density at radius 3 is 1.34 bits per heavy atom. The number of anilines is 4. The van der Waals surface area contributed by atoms with Crippen LogP contribution in [0, 0.1) is 18.6 Å². The molecule has 0 bridgehead atoms. The molecule has 8 aromatic rings. The molecule has 16 nitrogen and oxygen atoms in total. The van der Waals surface area contributed by atoms with E-state index in [1.165, 1.54) is 37.8 Å². The molecule has 4 heterocycles. The summed E-state index contributed by atoms with van der Waals surface area (Å²) < 4.78 is 207. The lowest BCUT2D eigenvalue weighted by atomic mass is 10.1. The van der Waals surface area contributed by atoms with Gasteiger partial charge in [0, 0.05) is 11.1 Å². The van der Waals surface area contributed by atoms with E-state index < -0.39 is 82.4 Å². The number of halogens is 11. The summed E-state index contributed by atoms with van der Waals surface area (Å²) in [5.41, 5.74) is 8.40. The van der Waals surface area contributed by atoms with Crippen molar-refractivity contribution in [3.05, 3.63) is 119 Å². The highest BCUT2D eigenvalue weighted by molar-refractivity contribution is 7.93. The number of nitrogen functional groups attached to an aromatic ring is 2. The van der Waals surface area contributed by atoms with Crippen LogP contribution in [0.5, 0.6) is 0 Å². The summed E-state index contributed by atoms with van der Waals surface area (Å²) in [5, 5.41) is 10.1. The van der Waals surface area contributed by atoms with Gasteiger partial charge in [0.25, 0.3) is 20.0 Å². The van der Waals surface area contributed by atoms with Gasteiger partial charge >= 0.3 is 18.5 Å². The summed E-state index contributed by atoms with van der Waals surface area (Å²) in [6, 6.07) is 9.26. The Morgan fingerprint density at radius 1 is 0.532 bits per heavy atom. The van der Waals surface area contributed by atoms with E-state index in [0.717, 1.165) is 81.7 Å². The first-order chi connectivity index (χ1) is 36.1. The maximum absolute atomic E-state index is 15.1. The number of benzene rings is 4. The van der Waals surface area contributed by atoms with Gasteiger partial charge in [0.05, 0.1) is 60.7 Å². The normalized spacial score (nSPS) is 15.1. The third-order valence-electron chi connectivity index (χ3n) is 13.0. The molecule has 2 aliphatic rings. The zero-order valence-electron chi connectivity index (χ0n) is 39.7. The van der Waals surface area contributed by atoms with Gasteiger partial charge in [-0.15, -0.1) is 0 Å². The van der Waals surface area contributed by atoms with Crippen LogP contribution in [0.4, 0.5) is 71.3 Å². The number of fused-ring (bicyclic) bond motifs is 2. The number of aryl methyl sites for hydroxylation is 1. The van der Waals surface area contributed by atoms with Crippen molar-refractivity contribution in [1.82, 2.24) is 39.5 Å². The van der Waals surface area contributed by atoms with E-state index in [0.29, 0.717) is 39.4 Å². The molecule has 0 unspecified atom stereocenters. The summed E-state index contributed by atoms with van der Waals surface area (Å²) in [6.07, 6.45) is -4.90. The lowest BCUT2D eigenvalue weighted by Crippen LogP contribution is -2.18. The highest BCUT2D eigenvalue weighted by atomic mass is 32.2. The molecule has 77 heavy (non-hydrogen) atoms. The third kappa shape index (κ3) is 11.0. The smallest absolute Gasteiger partial charge is 0.383 e. The van der Waals surface area contributed by atoms with Crippen LogP contribution in [0.1, 0.15) is 85.7 Å². The topological polar surface area (TPSA) is 232 Å². The van der Waals surface area contributed by atoms with Gasteiger partial charge in [-0.05, 0) is 98.8 Å². The van der Waals surface area contributed by atoms with Gasteiger partial charge in [0.1, 0.15) is 47.3 Å². The molecule has 406 valence electrons. The second kappa shape index (κ2) is 20.0. The van der Waals surface area contributed by atoms with Gasteiger partial charge in [-0.25, -0.2) is 54.9 Å². The number of rotatable bonds is 10. The number of aromatic nitrogens is 8. The molecule has 0 atom stereocenters. The molecule has 0 radical (unpaired) electrons. The van der Waals surface area contributed by atoms with Crippen molar-refractivity contribution in [2.45, 2.75) is 98.7 Å². The number of nitrogens with one attached hydrogen (secondary N) is 2. The lowest BCUT2D eigenvalue weighted by Gasteiger charge is -2.15. The van der Waals surface area contributed by atoms with Crippen LogP contribution < -0.4 is 20.9 Å². The molecule has 4 aromatic heterocycles. The van der Waals surface area contributed by atoms with Crippen LogP contribution in [-0.2, 0) is 38.6 Å². The fraction of sp³-hybridized carbons (Fsp3) is 0.292. The van der Waals surface area contributed by atoms with Crippen molar-refractivity contribution in [1.29, 1.82) is 0 Å². The molecule has 10 rings (SSSR count). The van der Waals surface area contributed by atoms with Gasteiger partial charge in [-0.2, -0.15) is 49.7 Å². The summed E-state index contributed by atoms with van der Waals surface area (Å²) in [5.74, 6) is -1.79. The van der Waals surface area contributed by atoms with Crippen LogP contribution in [0.15, 0.2) is 95.2 Å². The lowest BCUT2D eigenvalue weighted by molar-refractivity contribution is -0.143. The summed E-state index contributed by atoms with van der Waals surface area (Å²) >= 11 is 0. The molecule has 0 amide bonds. The molecule has 2 aliphatic carbocycles. The quantitative estimate of drug-likeness (QED) is 0.0937. The Kier molecular flexibility index (Phi) is 14.1. The Labute approximate surface area is 429 Å². The molecule has 6 N–H and O–H groups in total. The van der Waals surface area contributed by atoms with Crippen LogP contribution in [0.2, 0.25) is 0 Å². The zero-order chi connectivity index (χ0) is 55.6. The molecule has 29 heteroatoms. The first-order valence-corrected chi connectivity index (χ1v) is 26.2. The van der Waals surface area contributed by atoms with Crippen molar-refractivity contribution < 1.29 is 65.1 Å². The second-order valence-corrected chi connectivity index (χ2v) is 21.5. The maximum Gasteiger partial charge on any atom is 0.416 e. The number of alkyl halides is 9. The first-order valence-electron chi connectivity index (χ1n) is 23.2. The summed E-state index contributed by atoms with van der Waals surface area (Å²) in [6.45, 7) is 1.24. The minimum absolute atomic E-state index is 0.0361. The third-order valence-corrected chi connectivity index (χ3v) is 15.9. The predicted octanol–water partition coefficient (Wildman–Crippen LogP) is 11.6. The SMILES string of the molecule is Cc1cc(C(F)(F)F)ccc1S(=O)(=O)Nc1ccc(-c2nn(C3CCCC3)c3ncnc(N)c23)cc1F.Nc1ncnc2c1c(-c1ccc(NS(=O)(=O)c3cc(C(F)(F)F)cc(C(F)(F)F)c3)c(F)c1)nn2C1CCCC1. The minimum atomic E-state index is -5.27. The molecule has 0 spiro atoms. The van der Waals surface area contributed by atoms with E-state index in [-0.39, 0.29) is 64.4 Å². The van der Waals surface area contributed by atoms with E-state index >= 15 is 8.78 Å². The van der Waals surface area contributed by atoms with Gasteiger partial charge in [-0.1, -0.05) is 37.8 Å². The van der Waals surface area contributed by atoms with Gasteiger partial charge in [0.2, 0.25) is 0 Å². The maximum atomic E-state index is 15.1. The van der Waals surface area contributed by atoms with Gasteiger partial charge < -0.3 is 11.5 Å². The van der Waals surface area contributed by atoms with E-state index in [1.807, 2.05) is 0 Å². The zero-order valence-corrected chi connectivity index (χ0v) is 41.4. The van der Waals surface area contributed by atoms with Crippen molar-refractivity contribution in [2.24, 2.45) is 0 Å². The minimum Gasteiger partial charge on any atom is -0.383 e. The van der Waals surface area contributed by atoms with Crippen molar-refractivity contribution >= 4 is 65.1 Å². The van der Waals surface area contributed by atoms with Crippen molar-refractivity contribution in [3.63, 3.8) is 0 Å². The number of hydrogen-bond donors (Lipinski definition) is 4. The fourth-order valence-corrected chi connectivity index (χ4v) is 11.7. The first kappa shape index (κ1) is 54.1. The molecular weight excluding hydrogens is 1080 g/mol. The Hall–Kier alpha value is -7.69. The van der Waals surface area contributed by atoms with E-state index in [2.05, 4.69) is 34.9 Å². The average molecular weight is 1120 g/mol. The van der Waals surface area contributed by atoms with Crippen LogP contribution in [0.3, 0.4) is 0 Å². The van der Waals surface area contributed by atoms with Gasteiger partial charge in [-0.3, -0.25) is 9.44 Å². The van der Waals surface area contributed by atoms with Gasteiger partial charge in [0.15, 0.2) is 11.3 Å². The fourth-order valence-electron chi connectivity index (χ4n) is 9.30. The monoisotopic (exact) mass is 1120 g/mol. The summed E-state index contributed by atoms with van der Waals surface area (Å²) in [4.78, 5) is 14.9. The molecule has 4 aromatic carbocycles. The number of hydrogen-bond acceptors (Lipinski definition) is 12. The molecule has 0 aliphatic heterocycles. The summed E-state index contributed by atoms with van der Waals surface area (Å²) in [7, 11) is -9.45. The number of nitrogens with two attached hydrogens (primary N) is 2. The van der Waals surface area contributed by atoms with E-state index in [1.54, 1.807) is 14.1 Å². The van der Waals surface area contributed by atoms with Crippen LogP contribution in [-0.4, -0.2) is 56.3 Å². The number of nitrogens with zero attached hydrogens (tertiary/aromatic N) is 8. The average Bonchev–Trinajstić information content (AvgIpc) is 4.22. The van der Waals surface area contributed by atoms with Crippen molar-refractivity contribution in [3.8, 4) is 22.5 Å². The van der Waals surface area contributed by atoms with E-state index in [9.17, 15) is 56.3 Å². The van der Waals surface area contributed by atoms with Crippen LogP contribution in [0.25, 0.3) is 44.6 Å². The standard InChI is InChI=1S/C24H19F7N6O2S.C24H22F4N6O2S/c25-17-7-12(20-19-21(32)33-11-34-22(19)37(35-20)15-3-1-2-4-15)5-6-18(17)36-40(38,39)16-9-13(23(26,27)28)8-14(10-16)24(29,30)31;1-13-10-15(24(26,27)28)7-9-19(13)37(35,36)33-18-8-6-14(11-17(18)25)21-20-22(29)30-12-31-23(20)34(32-21)16-4-2-3-5-16/h5-11,15,36H,1-4H2,(H2,32,33,34);6-12,16,33H,2-5H2,1H3,(H2,29,30,31). The second-order valence-electron chi connectivity index (χ2n) is 18.2. The van der Waals surface area contributed by atoms with E-state index in [4.69, 9.17) is 11.5 Å². The molecule has 2 fully saturated rings. The molecule has 2 saturated carbocycles. The Balaban J connectivity index is 0.000000188. The van der Waals surface area contributed by atoms with Crippen LogP contribution >= 0.6 is 0 Å².